The lowest BCUT2D eigenvalue weighted by Gasteiger charge is -2.58. The monoisotopic (exact) mass is 322 g/mol. The number of nitrogens with zero attached hydrogens (tertiary/aromatic N) is 2. The second-order valence-corrected chi connectivity index (χ2v) is 8.15. The van der Waals surface area contributed by atoms with E-state index in [2.05, 4.69) is 23.6 Å². The van der Waals surface area contributed by atoms with E-state index in [1.165, 1.54) is 58.2 Å². The Hall–Kier alpha value is -0.610. The quantitative estimate of drug-likeness (QED) is 0.816. The summed E-state index contributed by atoms with van der Waals surface area (Å²) in [5.41, 5.74) is 0. The second kappa shape index (κ2) is 7.52. The molecule has 0 spiro atoms. The molecule has 0 aromatic heterocycles. The predicted molar refractivity (Wildman–Crippen MR) is 92.5 cm³/mol. The minimum atomic E-state index is -0.633. The molecule has 3 aliphatic rings. The van der Waals surface area contributed by atoms with Crippen molar-refractivity contribution in [1.82, 2.24) is 9.80 Å². The highest BCUT2D eigenvalue weighted by atomic mass is 16.4. The van der Waals surface area contributed by atoms with Crippen LogP contribution in [-0.2, 0) is 4.79 Å². The molecule has 4 nitrogen and oxygen atoms in total. The molecule has 4 heteroatoms. The van der Waals surface area contributed by atoms with Gasteiger partial charge in [-0.05, 0) is 69.5 Å². The number of rotatable bonds is 6. The zero-order chi connectivity index (χ0) is 16.4. The third-order valence-corrected chi connectivity index (χ3v) is 6.55. The third-order valence-electron chi connectivity index (χ3n) is 6.55. The Kier molecular flexibility index (Phi) is 5.63. The van der Waals surface area contributed by atoms with Crippen molar-refractivity contribution in [3.05, 3.63) is 0 Å². The fraction of sp³-hybridized carbons (Fsp3) is 0.947. The summed E-state index contributed by atoms with van der Waals surface area (Å²) in [6.07, 6.45) is 8.11. The second-order valence-electron chi connectivity index (χ2n) is 8.15. The van der Waals surface area contributed by atoms with E-state index < -0.39 is 5.97 Å². The number of unbranched alkanes of at least 4 members (excludes halogenated alkanes) is 1. The molecular formula is C19H34N2O2. The van der Waals surface area contributed by atoms with E-state index in [-0.39, 0.29) is 5.92 Å². The molecular weight excluding hydrogens is 288 g/mol. The lowest BCUT2D eigenvalue weighted by molar-refractivity contribution is -0.140. The molecule has 3 fully saturated rings. The summed E-state index contributed by atoms with van der Waals surface area (Å²) in [4.78, 5) is 16.7. The summed E-state index contributed by atoms with van der Waals surface area (Å²) in [6, 6.07) is 1.21. The highest BCUT2D eigenvalue weighted by Gasteiger charge is 2.49. The largest absolute Gasteiger partial charge is 0.481 e. The molecule has 0 saturated carbocycles. The maximum absolute atomic E-state index is 11.3. The molecule has 2 unspecified atom stereocenters. The number of carboxylic acids is 1. The molecule has 5 atom stereocenters. The molecule has 0 aromatic carbocycles. The molecule has 3 rings (SSSR count). The Morgan fingerprint density at radius 3 is 2.70 bits per heavy atom. The van der Waals surface area contributed by atoms with Gasteiger partial charge in [-0.25, -0.2) is 0 Å². The van der Waals surface area contributed by atoms with E-state index in [4.69, 9.17) is 0 Å². The highest BCUT2D eigenvalue weighted by molar-refractivity contribution is 5.67. The Morgan fingerprint density at radius 1 is 1.26 bits per heavy atom. The number of piperidine rings is 3. The average molecular weight is 322 g/mol. The number of likely N-dealkylation sites (tertiary alicyclic amines) is 1. The number of aliphatic carboxylic acids is 1. The Balaban J connectivity index is 1.82. The van der Waals surface area contributed by atoms with E-state index in [9.17, 15) is 9.90 Å². The van der Waals surface area contributed by atoms with Gasteiger partial charge in [0.25, 0.3) is 0 Å². The summed E-state index contributed by atoms with van der Waals surface area (Å²) >= 11 is 0. The molecule has 132 valence electrons. The third kappa shape index (κ3) is 3.58. The lowest BCUT2D eigenvalue weighted by atomic mass is 9.67. The summed E-state index contributed by atoms with van der Waals surface area (Å²) < 4.78 is 0. The molecule has 0 aromatic rings. The van der Waals surface area contributed by atoms with Gasteiger partial charge in [-0.2, -0.15) is 0 Å². The Labute approximate surface area is 141 Å². The minimum absolute atomic E-state index is 0.261. The minimum Gasteiger partial charge on any atom is -0.481 e. The SMILES string of the molecule is CCCCN1C[C@H]2CCCN3CCC[C@@H](C1C(C)CC(=O)O)[C@@H]23. The smallest absolute Gasteiger partial charge is 0.303 e. The van der Waals surface area contributed by atoms with Crippen LogP contribution in [0.5, 0.6) is 0 Å². The van der Waals surface area contributed by atoms with Crippen LogP contribution in [0.1, 0.15) is 58.8 Å². The summed E-state index contributed by atoms with van der Waals surface area (Å²) in [7, 11) is 0. The van der Waals surface area contributed by atoms with Gasteiger partial charge in [-0.1, -0.05) is 20.3 Å². The van der Waals surface area contributed by atoms with Gasteiger partial charge in [0.1, 0.15) is 0 Å². The van der Waals surface area contributed by atoms with E-state index in [0.717, 1.165) is 18.5 Å². The topological polar surface area (TPSA) is 43.8 Å². The average Bonchev–Trinajstić information content (AvgIpc) is 2.52. The van der Waals surface area contributed by atoms with Gasteiger partial charge in [0, 0.05) is 25.0 Å². The van der Waals surface area contributed by atoms with Gasteiger partial charge in [0.2, 0.25) is 0 Å². The summed E-state index contributed by atoms with van der Waals surface area (Å²) in [5, 5.41) is 9.31. The van der Waals surface area contributed by atoms with Crippen LogP contribution in [0, 0.1) is 17.8 Å². The summed E-state index contributed by atoms with van der Waals surface area (Å²) in [6.45, 7) is 9.33. The van der Waals surface area contributed by atoms with E-state index in [0.29, 0.717) is 18.4 Å². The standard InChI is InChI=1S/C19H34N2O2/c1-3-4-9-21-13-15-7-5-10-20-11-6-8-16(19(15)20)18(21)14(2)12-17(22)23/h14-16,18-19H,3-13H2,1-2H3,(H,22,23)/t14?,15-,16+,18?,19-/m1/s1. The van der Waals surface area contributed by atoms with Gasteiger partial charge in [-0.15, -0.1) is 0 Å². The fourth-order valence-electron chi connectivity index (χ4n) is 5.80. The molecule has 0 bridgehead atoms. The predicted octanol–water partition coefficient (Wildman–Crippen LogP) is 3.07. The molecule has 0 amide bonds. The number of hydrogen-bond acceptors (Lipinski definition) is 3. The zero-order valence-electron chi connectivity index (χ0n) is 14.9. The Bertz CT molecular complexity index is 412. The first kappa shape index (κ1) is 17.2. The van der Waals surface area contributed by atoms with Crippen molar-refractivity contribution in [3.8, 4) is 0 Å². The van der Waals surface area contributed by atoms with Crippen LogP contribution in [-0.4, -0.2) is 59.1 Å². The molecule has 3 heterocycles. The molecule has 23 heavy (non-hydrogen) atoms. The van der Waals surface area contributed by atoms with E-state index in [1.54, 1.807) is 0 Å². The van der Waals surface area contributed by atoms with Gasteiger partial charge in [0.05, 0.1) is 0 Å². The first-order chi connectivity index (χ1) is 11.1. The maximum Gasteiger partial charge on any atom is 0.303 e. The first-order valence-electron chi connectivity index (χ1n) is 9.81. The van der Waals surface area contributed by atoms with Crippen molar-refractivity contribution in [1.29, 1.82) is 0 Å². The normalized spacial score (nSPS) is 36.4. The van der Waals surface area contributed by atoms with E-state index >= 15 is 0 Å². The molecule has 3 aliphatic heterocycles. The van der Waals surface area contributed by atoms with Gasteiger partial charge >= 0.3 is 5.97 Å². The van der Waals surface area contributed by atoms with Crippen LogP contribution in [0.3, 0.4) is 0 Å². The van der Waals surface area contributed by atoms with Crippen molar-refractivity contribution in [2.45, 2.75) is 70.9 Å². The van der Waals surface area contributed by atoms with Crippen molar-refractivity contribution in [2.24, 2.45) is 17.8 Å². The fourth-order valence-corrected chi connectivity index (χ4v) is 5.80. The Morgan fingerprint density at radius 2 is 2.00 bits per heavy atom. The zero-order valence-corrected chi connectivity index (χ0v) is 14.9. The van der Waals surface area contributed by atoms with E-state index in [1.807, 2.05) is 0 Å². The van der Waals surface area contributed by atoms with Crippen LogP contribution in [0.4, 0.5) is 0 Å². The molecule has 0 radical (unpaired) electrons. The molecule has 0 aliphatic carbocycles. The highest BCUT2D eigenvalue weighted by Crippen LogP contribution is 2.44. The number of hydrogen-bond donors (Lipinski definition) is 1. The van der Waals surface area contributed by atoms with Crippen molar-refractivity contribution >= 4 is 5.97 Å². The maximum atomic E-state index is 11.3. The van der Waals surface area contributed by atoms with Crippen LogP contribution < -0.4 is 0 Å². The van der Waals surface area contributed by atoms with Crippen molar-refractivity contribution < 1.29 is 9.90 Å². The number of carbonyl (C=O) groups is 1. The number of carboxylic acid groups (broad SMARTS) is 1. The van der Waals surface area contributed by atoms with Crippen LogP contribution >= 0.6 is 0 Å². The van der Waals surface area contributed by atoms with Crippen LogP contribution in [0.2, 0.25) is 0 Å². The van der Waals surface area contributed by atoms with Gasteiger partial charge in [-0.3, -0.25) is 14.6 Å². The van der Waals surface area contributed by atoms with Crippen molar-refractivity contribution in [2.75, 3.05) is 26.2 Å². The van der Waals surface area contributed by atoms with Gasteiger partial charge < -0.3 is 5.11 Å². The van der Waals surface area contributed by atoms with Crippen molar-refractivity contribution in [3.63, 3.8) is 0 Å². The van der Waals surface area contributed by atoms with Gasteiger partial charge in [0.15, 0.2) is 0 Å². The first-order valence-corrected chi connectivity index (χ1v) is 9.81. The molecule has 1 N–H and O–H groups in total. The van der Waals surface area contributed by atoms with Crippen LogP contribution in [0.15, 0.2) is 0 Å². The van der Waals surface area contributed by atoms with Crippen LogP contribution in [0.25, 0.3) is 0 Å². The lowest BCUT2D eigenvalue weighted by Crippen LogP contribution is -2.66. The summed E-state index contributed by atoms with van der Waals surface area (Å²) in [5.74, 6) is 1.14. The molecule has 3 saturated heterocycles.